The SMILES string of the molecule is COc1ccc(Cl)cc1NC(=O)[C@@H](Cc1ccccc1)NS(=O)(=O)c1cc(Cl)ccc1OC. The van der Waals surface area contributed by atoms with Crippen LogP contribution in [0.25, 0.3) is 0 Å². The van der Waals surface area contributed by atoms with Gasteiger partial charge in [-0.1, -0.05) is 53.5 Å². The molecule has 33 heavy (non-hydrogen) atoms. The first-order valence-electron chi connectivity index (χ1n) is 9.77. The number of rotatable bonds is 9. The molecular weight excluding hydrogens is 487 g/mol. The third-order valence-electron chi connectivity index (χ3n) is 4.73. The van der Waals surface area contributed by atoms with Gasteiger partial charge in [0.2, 0.25) is 15.9 Å². The van der Waals surface area contributed by atoms with Crippen molar-refractivity contribution in [2.24, 2.45) is 0 Å². The molecule has 1 amide bonds. The molecule has 0 aliphatic carbocycles. The summed E-state index contributed by atoms with van der Waals surface area (Å²) in [6.07, 6.45) is 0.0949. The predicted octanol–water partition coefficient (Wildman–Crippen LogP) is 4.54. The lowest BCUT2D eigenvalue weighted by atomic mass is 10.1. The molecule has 0 radical (unpaired) electrons. The van der Waals surface area contributed by atoms with Crippen LogP contribution in [0, 0.1) is 0 Å². The van der Waals surface area contributed by atoms with Crippen LogP contribution in [0.3, 0.4) is 0 Å². The molecule has 0 aliphatic rings. The molecule has 7 nitrogen and oxygen atoms in total. The number of nitrogens with one attached hydrogen (secondary N) is 2. The highest BCUT2D eigenvalue weighted by Crippen LogP contribution is 2.29. The van der Waals surface area contributed by atoms with Gasteiger partial charge in [0.1, 0.15) is 22.4 Å². The lowest BCUT2D eigenvalue weighted by molar-refractivity contribution is -0.117. The Kier molecular flexibility index (Phi) is 8.20. The summed E-state index contributed by atoms with van der Waals surface area (Å²) in [7, 11) is -1.38. The topological polar surface area (TPSA) is 93.7 Å². The van der Waals surface area contributed by atoms with Gasteiger partial charge in [-0.3, -0.25) is 4.79 Å². The molecule has 0 unspecified atom stereocenters. The number of carbonyl (C=O) groups excluding carboxylic acids is 1. The second-order valence-corrected chi connectivity index (χ2v) is 9.55. The third kappa shape index (κ3) is 6.39. The largest absolute Gasteiger partial charge is 0.495 e. The zero-order valence-electron chi connectivity index (χ0n) is 17.8. The van der Waals surface area contributed by atoms with Crippen LogP contribution in [0.1, 0.15) is 5.56 Å². The Morgan fingerprint density at radius 3 is 2.15 bits per heavy atom. The maximum atomic E-state index is 13.2. The first-order chi connectivity index (χ1) is 15.7. The fourth-order valence-electron chi connectivity index (χ4n) is 3.15. The fraction of sp³-hybridized carbons (Fsp3) is 0.174. The van der Waals surface area contributed by atoms with Gasteiger partial charge >= 0.3 is 0 Å². The summed E-state index contributed by atoms with van der Waals surface area (Å²) in [5, 5.41) is 3.30. The highest BCUT2D eigenvalue weighted by Gasteiger charge is 2.29. The molecule has 3 aromatic carbocycles. The highest BCUT2D eigenvalue weighted by molar-refractivity contribution is 7.89. The second kappa shape index (κ2) is 10.9. The van der Waals surface area contributed by atoms with Crippen molar-refractivity contribution >= 4 is 44.8 Å². The summed E-state index contributed by atoms with van der Waals surface area (Å²) in [5.41, 5.74) is 1.07. The van der Waals surface area contributed by atoms with Crippen molar-refractivity contribution in [2.75, 3.05) is 19.5 Å². The number of carbonyl (C=O) groups is 1. The fourth-order valence-corrected chi connectivity index (χ4v) is 4.95. The molecule has 0 spiro atoms. The van der Waals surface area contributed by atoms with Gasteiger partial charge in [0.15, 0.2) is 0 Å². The summed E-state index contributed by atoms with van der Waals surface area (Å²) >= 11 is 12.1. The number of ether oxygens (including phenoxy) is 2. The highest BCUT2D eigenvalue weighted by atomic mass is 35.5. The van der Waals surface area contributed by atoms with Gasteiger partial charge in [0.25, 0.3) is 0 Å². The smallest absolute Gasteiger partial charge is 0.245 e. The second-order valence-electron chi connectivity index (χ2n) is 6.99. The normalized spacial score (nSPS) is 12.1. The molecule has 3 rings (SSSR count). The summed E-state index contributed by atoms with van der Waals surface area (Å²) in [4.78, 5) is 13.1. The van der Waals surface area contributed by atoms with E-state index in [4.69, 9.17) is 32.7 Å². The number of hydrogen-bond acceptors (Lipinski definition) is 5. The third-order valence-corrected chi connectivity index (χ3v) is 6.69. The predicted molar refractivity (Wildman–Crippen MR) is 129 cm³/mol. The zero-order valence-corrected chi connectivity index (χ0v) is 20.2. The van der Waals surface area contributed by atoms with Gasteiger partial charge in [-0.15, -0.1) is 0 Å². The van der Waals surface area contributed by atoms with E-state index in [2.05, 4.69) is 10.0 Å². The van der Waals surface area contributed by atoms with E-state index in [-0.39, 0.29) is 22.1 Å². The van der Waals surface area contributed by atoms with E-state index >= 15 is 0 Å². The lowest BCUT2D eigenvalue weighted by Gasteiger charge is -2.20. The number of anilines is 1. The van der Waals surface area contributed by atoms with Crippen molar-refractivity contribution in [3.05, 3.63) is 82.3 Å². The molecule has 3 aromatic rings. The van der Waals surface area contributed by atoms with Gasteiger partial charge in [0, 0.05) is 10.0 Å². The Bertz CT molecular complexity index is 1240. The first-order valence-corrected chi connectivity index (χ1v) is 12.0. The van der Waals surface area contributed by atoms with E-state index in [0.717, 1.165) is 5.56 Å². The number of halogens is 2. The van der Waals surface area contributed by atoms with Crippen LogP contribution in [-0.2, 0) is 21.2 Å². The Hall–Kier alpha value is -2.78. The molecule has 1 atom stereocenters. The van der Waals surface area contributed by atoms with Gasteiger partial charge in [-0.2, -0.15) is 4.72 Å². The molecule has 0 fully saturated rings. The summed E-state index contributed by atoms with van der Waals surface area (Å²) in [6.45, 7) is 0. The molecule has 0 aromatic heterocycles. The number of sulfonamides is 1. The van der Waals surface area contributed by atoms with Crippen LogP contribution in [0.4, 0.5) is 5.69 Å². The van der Waals surface area contributed by atoms with E-state index in [1.807, 2.05) is 6.07 Å². The molecule has 0 heterocycles. The van der Waals surface area contributed by atoms with Gasteiger partial charge in [0.05, 0.1) is 19.9 Å². The van der Waals surface area contributed by atoms with E-state index < -0.39 is 22.0 Å². The standard InChI is InChI=1S/C23H22Cl2N2O5S/c1-31-20-10-8-16(24)13-18(20)26-23(28)19(12-15-6-4-3-5-7-15)27-33(29,30)22-14-17(25)9-11-21(22)32-2/h3-11,13-14,19,27H,12H2,1-2H3,(H,26,28)/t19-/m1/s1. The van der Waals surface area contributed by atoms with Crippen molar-refractivity contribution in [2.45, 2.75) is 17.4 Å². The minimum Gasteiger partial charge on any atom is -0.495 e. The summed E-state index contributed by atoms with van der Waals surface area (Å²) < 4.78 is 39.4. The summed E-state index contributed by atoms with van der Waals surface area (Å²) in [6, 6.07) is 16.8. The van der Waals surface area contributed by atoms with Crippen molar-refractivity contribution in [3.8, 4) is 11.5 Å². The molecule has 2 N–H and O–H groups in total. The molecule has 0 saturated heterocycles. The van der Waals surface area contributed by atoms with E-state index in [1.165, 1.54) is 38.5 Å². The Morgan fingerprint density at radius 1 is 0.909 bits per heavy atom. The molecule has 0 saturated carbocycles. The van der Waals surface area contributed by atoms with E-state index in [1.54, 1.807) is 36.4 Å². The van der Waals surface area contributed by atoms with E-state index in [9.17, 15) is 13.2 Å². The van der Waals surface area contributed by atoms with Gasteiger partial charge in [-0.05, 0) is 48.4 Å². The monoisotopic (exact) mass is 508 g/mol. The number of methoxy groups -OCH3 is 2. The van der Waals surface area contributed by atoms with E-state index in [0.29, 0.717) is 16.5 Å². The molecule has 0 aliphatic heterocycles. The maximum absolute atomic E-state index is 13.2. The maximum Gasteiger partial charge on any atom is 0.245 e. The van der Waals surface area contributed by atoms with Crippen LogP contribution in [0.2, 0.25) is 10.0 Å². The van der Waals surface area contributed by atoms with Gasteiger partial charge < -0.3 is 14.8 Å². The van der Waals surface area contributed by atoms with Gasteiger partial charge in [-0.25, -0.2) is 8.42 Å². The number of amides is 1. The number of hydrogen-bond donors (Lipinski definition) is 2. The average molecular weight is 509 g/mol. The molecule has 0 bridgehead atoms. The quantitative estimate of drug-likeness (QED) is 0.442. The van der Waals surface area contributed by atoms with Crippen LogP contribution < -0.4 is 19.5 Å². The Morgan fingerprint density at radius 2 is 1.52 bits per heavy atom. The van der Waals surface area contributed by atoms with Crippen molar-refractivity contribution in [1.29, 1.82) is 0 Å². The van der Waals surface area contributed by atoms with Crippen molar-refractivity contribution in [1.82, 2.24) is 4.72 Å². The molecule has 10 heteroatoms. The molecular formula is C23H22Cl2N2O5S. The first kappa shape index (κ1) is 24.9. The summed E-state index contributed by atoms with van der Waals surface area (Å²) in [5.74, 6) is -0.114. The van der Waals surface area contributed by atoms with Crippen LogP contribution in [-0.4, -0.2) is 34.6 Å². The number of benzene rings is 3. The van der Waals surface area contributed by atoms with Crippen molar-refractivity contribution in [3.63, 3.8) is 0 Å². The zero-order chi connectivity index (χ0) is 24.0. The minimum absolute atomic E-state index is 0.0949. The molecule has 174 valence electrons. The van der Waals surface area contributed by atoms with Crippen molar-refractivity contribution < 1.29 is 22.7 Å². The lowest BCUT2D eigenvalue weighted by Crippen LogP contribution is -2.45. The Labute approximate surface area is 202 Å². The van der Waals surface area contributed by atoms with Crippen LogP contribution in [0.5, 0.6) is 11.5 Å². The van der Waals surface area contributed by atoms with Crippen LogP contribution in [0.15, 0.2) is 71.6 Å². The van der Waals surface area contributed by atoms with Crippen LogP contribution >= 0.6 is 23.2 Å². The average Bonchev–Trinajstić information content (AvgIpc) is 2.79. The minimum atomic E-state index is -4.18. The Balaban J connectivity index is 1.96.